The molecule has 0 spiro atoms. The minimum Gasteiger partial charge on any atom is -0.330 e. The summed E-state index contributed by atoms with van der Waals surface area (Å²) in [7, 11) is 0. The van der Waals surface area contributed by atoms with Crippen LogP contribution in [0.3, 0.4) is 0 Å². The number of benzene rings is 1. The Morgan fingerprint density at radius 2 is 1.79 bits per heavy atom. The van der Waals surface area contributed by atoms with E-state index < -0.39 is 0 Å². The largest absolute Gasteiger partial charge is 0.330 e. The third-order valence-corrected chi connectivity index (χ3v) is 6.03. The zero-order chi connectivity index (χ0) is 19.5. The second-order valence-electron chi connectivity index (χ2n) is 7.91. The number of rotatable bonds is 4. The van der Waals surface area contributed by atoms with Gasteiger partial charge in [-0.2, -0.15) is 0 Å². The van der Waals surface area contributed by atoms with Crippen molar-refractivity contribution in [3.05, 3.63) is 42.5 Å². The van der Waals surface area contributed by atoms with Gasteiger partial charge in [-0.1, -0.05) is 19.3 Å². The predicted molar refractivity (Wildman–Crippen MR) is 108 cm³/mol. The van der Waals surface area contributed by atoms with E-state index in [1.54, 1.807) is 6.20 Å². The average Bonchev–Trinajstić information content (AvgIpc) is 3.38. The Morgan fingerprint density at radius 3 is 2.46 bits per heavy atom. The Morgan fingerprint density at radius 1 is 1.04 bits per heavy atom. The molecule has 2 fully saturated rings. The van der Waals surface area contributed by atoms with Crippen LogP contribution in [-0.4, -0.2) is 38.9 Å². The zero-order valence-corrected chi connectivity index (χ0v) is 16.4. The fraction of sp³-hybridized carbons (Fsp3) is 0.500. The summed E-state index contributed by atoms with van der Waals surface area (Å²) in [5.41, 5.74) is 1.76. The van der Waals surface area contributed by atoms with Gasteiger partial charge in [-0.15, -0.1) is 0 Å². The van der Waals surface area contributed by atoms with Crippen LogP contribution in [0.5, 0.6) is 0 Å². The minimum atomic E-state index is -0.343. The second-order valence-corrected chi connectivity index (χ2v) is 7.91. The lowest BCUT2D eigenvalue weighted by Crippen LogP contribution is -2.46. The number of likely N-dealkylation sites (tertiary alicyclic amines) is 1. The van der Waals surface area contributed by atoms with E-state index in [2.05, 4.69) is 10.3 Å². The fourth-order valence-electron chi connectivity index (χ4n) is 4.47. The summed E-state index contributed by atoms with van der Waals surface area (Å²) >= 11 is 0. The summed E-state index contributed by atoms with van der Waals surface area (Å²) in [6.45, 7) is 2.65. The van der Waals surface area contributed by atoms with E-state index >= 15 is 0 Å². The lowest BCUT2D eigenvalue weighted by atomic mass is 9.88. The molecule has 0 radical (unpaired) electrons. The van der Waals surface area contributed by atoms with Crippen molar-refractivity contribution in [1.82, 2.24) is 14.5 Å². The number of nitrogens with one attached hydrogen (secondary N) is 1. The highest BCUT2D eigenvalue weighted by Gasteiger charge is 2.37. The van der Waals surface area contributed by atoms with E-state index in [0.29, 0.717) is 6.54 Å². The van der Waals surface area contributed by atoms with Gasteiger partial charge in [0.05, 0.1) is 0 Å². The molecule has 2 aliphatic rings. The third kappa shape index (κ3) is 3.81. The molecule has 1 unspecified atom stereocenters. The minimum absolute atomic E-state index is 0.0757. The molecule has 1 saturated heterocycles. The Kier molecular flexibility index (Phi) is 5.46. The first-order valence-corrected chi connectivity index (χ1v) is 10.4. The molecule has 0 bridgehead atoms. The first-order valence-electron chi connectivity index (χ1n) is 10.4. The highest BCUT2D eigenvalue weighted by atomic mass is 16.2. The lowest BCUT2D eigenvalue weighted by molar-refractivity contribution is -0.141. The molecule has 1 atom stereocenters. The van der Waals surface area contributed by atoms with Gasteiger partial charge in [0, 0.05) is 36.2 Å². The van der Waals surface area contributed by atoms with Crippen LogP contribution in [0.15, 0.2) is 36.7 Å². The van der Waals surface area contributed by atoms with E-state index in [-0.39, 0.29) is 23.8 Å². The monoisotopic (exact) mass is 380 g/mol. The number of aryl methyl sites for hydroxylation is 1. The number of imidazole rings is 1. The highest BCUT2D eigenvalue weighted by molar-refractivity contribution is 5.97. The smallest absolute Gasteiger partial charge is 0.247 e. The van der Waals surface area contributed by atoms with Crippen molar-refractivity contribution >= 4 is 17.5 Å². The molecular formula is C22H28N4O2. The number of aromatic nitrogens is 2. The van der Waals surface area contributed by atoms with Crippen molar-refractivity contribution in [1.29, 1.82) is 0 Å². The van der Waals surface area contributed by atoms with Gasteiger partial charge in [-0.3, -0.25) is 9.59 Å². The van der Waals surface area contributed by atoms with E-state index in [9.17, 15) is 9.59 Å². The highest BCUT2D eigenvalue weighted by Crippen LogP contribution is 2.29. The van der Waals surface area contributed by atoms with Crippen LogP contribution in [0.2, 0.25) is 0 Å². The Balaban J connectivity index is 1.41. The number of carbonyl (C=O) groups is 2. The van der Waals surface area contributed by atoms with Crippen LogP contribution < -0.4 is 5.32 Å². The second kappa shape index (κ2) is 8.17. The molecule has 1 aliphatic heterocycles. The molecule has 2 heterocycles. The van der Waals surface area contributed by atoms with Gasteiger partial charge in [0.15, 0.2) is 0 Å². The van der Waals surface area contributed by atoms with Crippen LogP contribution >= 0.6 is 0 Å². The molecular weight excluding hydrogens is 352 g/mol. The van der Waals surface area contributed by atoms with Crippen molar-refractivity contribution in [2.24, 2.45) is 5.92 Å². The first-order chi connectivity index (χ1) is 13.6. The molecule has 1 aromatic carbocycles. The predicted octanol–water partition coefficient (Wildman–Crippen LogP) is 3.69. The quantitative estimate of drug-likeness (QED) is 0.880. The van der Waals surface area contributed by atoms with Crippen molar-refractivity contribution < 1.29 is 9.59 Å². The normalized spacial score (nSPS) is 20.3. The van der Waals surface area contributed by atoms with Crippen molar-refractivity contribution in [2.45, 2.75) is 57.9 Å². The Labute approximate surface area is 165 Å². The van der Waals surface area contributed by atoms with Gasteiger partial charge < -0.3 is 14.8 Å². The van der Waals surface area contributed by atoms with Crippen LogP contribution in [-0.2, 0) is 9.59 Å². The van der Waals surface area contributed by atoms with Gasteiger partial charge >= 0.3 is 0 Å². The van der Waals surface area contributed by atoms with Crippen molar-refractivity contribution in [3.63, 3.8) is 0 Å². The average molecular weight is 380 g/mol. The fourth-order valence-corrected chi connectivity index (χ4v) is 4.47. The van der Waals surface area contributed by atoms with E-state index in [0.717, 1.165) is 55.7 Å². The standard InChI is InChI=1S/C22H28N4O2/c1-16-23-13-15-25(16)19-11-9-18(10-12-19)24-21(27)20-8-5-14-26(20)22(28)17-6-3-2-4-7-17/h9-13,15,17,20H,2-8,14H2,1H3,(H,24,27). The number of anilines is 1. The topological polar surface area (TPSA) is 67.2 Å². The van der Waals surface area contributed by atoms with E-state index in [1.807, 2.05) is 46.9 Å². The van der Waals surface area contributed by atoms with Crippen molar-refractivity contribution in [2.75, 3.05) is 11.9 Å². The number of nitrogens with zero attached hydrogens (tertiary/aromatic N) is 3. The maximum absolute atomic E-state index is 12.9. The maximum Gasteiger partial charge on any atom is 0.247 e. The number of hydrogen-bond donors (Lipinski definition) is 1. The molecule has 1 aromatic heterocycles. The molecule has 2 amide bonds. The Hall–Kier alpha value is -2.63. The maximum atomic E-state index is 12.9. The van der Waals surface area contributed by atoms with Crippen LogP contribution in [0.4, 0.5) is 5.69 Å². The van der Waals surface area contributed by atoms with E-state index in [1.165, 1.54) is 6.42 Å². The summed E-state index contributed by atoms with van der Waals surface area (Å²) < 4.78 is 1.99. The summed E-state index contributed by atoms with van der Waals surface area (Å²) in [6, 6.07) is 7.38. The van der Waals surface area contributed by atoms with Crippen molar-refractivity contribution in [3.8, 4) is 5.69 Å². The van der Waals surface area contributed by atoms with Crippen LogP contribution in [0.1, 0.15) is 50.8 Å². The number of amides is 2. The summed E-state index contributed by atoms with van der Waals surface area (Å²) in [5.74, 6) is 1.14. The first kappa shape index (κ1) is 18.7. The van der Waals surface area contributed by atoms with Crippen LogP contribution in [0.25, 0.3) is 5.69 Å². The molecule has 148 valence electrons. The Bertz CT molecular complexity index is 836. The molecule has 4 rings (SSSR count). The van der Waals surface area contributed by atoms with Gasteiger partial charge in [0.1, 0.15) is 11.9 Å². The van der Waals surface area contributed by atoms with Gasteiger partial charge in [-0.05, 0) is 56.9 Å². The SMILES string of the molecule is Cc1nccn1-c1ccc(NC(=O)C2CCCN2C(=O)C2CCCCC2)cc1. The summed E-state index contributed by atoms with van der Waals surface area (Å²) in [6.07, 6.45) is 10.7. The molecule has 1 saturated carbocycles. The van der Waals surface area contributed by atoms with Gasteiger partial charge in [-0.25, -0.2) is 4.98 Å². The number of hydrogen-bond acceptors (Lipinski definition) is 3. The van der Waals surface area contributed by atoms with Crippen LogP contribution in [0, 0.1) is 12.8 Å². The zero-order valence-electron chi connectivity index (χ0n) is 16.4. The molecule has 28 heavy (non-hydrogen) atoms. The van der Waals surface area contributed by atoms with Gasteiger partial charge in [0.2, 0.25) is 11.8 Å². The summed E-state index contributed by atoms with van der Waals surface area (Å²) in [4.78, 5) is 31.8. The molecule has 1 aliphatic carbocycles. The van der Waals surface area contributed by atoms with E-state index in [4.69, 9.17) is 0 Å². The third-order valence-electron chi connectivity index (χ3n) is 6.03. The van der Waals surface area contributed by atoms with Gasteiger partial charge in [0.25, 0.3) is 0 Å². The molecule has 6 nitrogen and oxygen atoms in total. The molecule has 1 N–H and O–H groups in total. The number of carbonyl (C=O) groups excluding carboxylic acids is 2. The lowest BCUT2D eigenvalue weighted by Gasteiger charge is -2.30. The summed E-state index contributed by atoms with van der Waals surface area (Å²) in [5, 5.41) is 3.00. The molecule has 2 aromatic rings. The molecule has 6 heteroatoms.